The van der Waals surface area contributed by atoms with Gasteiger partial charge in [0.25, 0.3) is 0 Å². The summed E-state index contributed by atoms with van der Waals surface area (Å²) in [5.41, 5.74) is 1.20. The summed E-state index contributed by atoms with van der Waals surface area (Å²) in [6.07, 6.45) is 3.68. The summed E-state index contributed by atoms with van der Waals surface area (Å²) in [6, 6.07) is 4.49. The fourth-order valence-electron chi connectivity index (χ4n) is 2.09. The normalized spacial score (nSPS) is 10.7. The Kier molecular flexibility index (Phi) is 8.21. The first kappa shape index (κ1) is 20.8. The van der Waals surface area contributed by atoms with Gasteiger partial charge in [-0.3, -0.25) is 20.0 Å². The summed E-state index contributed by atoms with van der Waals surface area (Å²) in [7, 11) is 3.03. The molecule has 0 aliphatic rings. The molecule has 1 heterocycles. The molecule has 9 nitrogen and oxygen atoms in total. The third-order valence-corrected chi connectivity index (χ3v) is 3.60. The SMILES string of the molecule is CON(CCCOc1ccc(Cl)cc1NC(=O)Nc1cnc(C)cn1)OC. The van der Waals surface area contributed by atoms with E-state index in [0.29, 0.717) is 41.8 Å². The van der Waals surface area contributed by atoms with Crippen LogP contribution in [0.15, 0.2) is 30.6 Å². The zero-order chi connectivity index (χ0) is 19.6. The molecule has 2 rings (SSSR count). The van der Waals surface area contributed by atoms with E-state index in [0.717, 1.165) is 5.69 Å². The number of hydroxylamine groups is 2. The van der Waals surface area contributed by atoms with Gasteiger partial charge in [0.05, 0.1) is 51.1 Å². The monoisotopic (exact) mass is 395 g/mol. The van der Waals surface area contributed by atoms with Gasteiger partial charge >= 0.3 is 6.03 Å². The van der Waals surface area contributed by atoms with E-state index in [4.69, 9.17) is 26.0 Å². The standard InChI is InChI=1S/C17H22ClN5O4/c1-12-10-20-16(11-19-12)22-17(24)21-14-9-13(18)5-6-15(14)27-8-4-7-23(25-2)26-3/h5-6,9-11H,4,7-8H2,1-3H3,(H2,20,21,22,24). The number of amides is 2. The number of carbonyl (C=O) groups is 1. The van der Waals surface area contributed by atoms with Crippen LogP contribution >= 0.6 is 11.6 Å². The maximum Gasteiger partial charge on any atom is 0.325 e. The first-order valence-corrected chi connectivity index (χ1v) is 8.54. The van der Waals surface area contributed by atoms with E-state index in [2.05, 4.69) is 20.6 Å². The molecule has 1 aromatic carbocycles. The summed E-state index contributed by atoms with van der Waals surface area (Å²) < 4.78 is 5.73. The van der Waals surface area contributed by atoms with Gasteiger partial charge in [-0.15, -0.1) is 0 Å². The van der Waals surface area contributed by atoms with Crippen molar-refractivity contribution in [1.29, 1.82) is 0 Å². The summed E-state index contributed by atoms with van der Waals surface area (Å²) in [4.78, 5) is 30.3. The number of benzene rings is 1. The molecule has 0 fully saturated rings. The smallest absolute Gasteiger partial charge is 0.325 e. The van der Waals surface area contributed by atoms with Crippen molar-refractivity contribution in [2.75, 3.05) is 38.0 Å². The van der Waals surface area contributed by atoms with Gasteiger partial charge in [-0.2, -0.15) is 0 Å². The highest BCUT2D eigenvalue weighted by Crippen LogP contribution is 2.28. The fraction of sp³-hybridized carbons (Fsp3) is 0.353. The molecule has 0 unspecified atom stereocenters. The highest BCUT2D eigenvalue weighted by Gasteiger charge is 2.10. The maximum atomic E-state index is 12.2. The number of anilines is 2. The third-order valence-electron chi connectivity index (χ3n) is 3.36. The molecule has 27 heavy (non-hydrogen) atoms. The van der Waals surface area contributed by atoms with Crippen LogP contribution in [0.3, 0.4) is 0 Å². The van der Waals surface area contributed by atoms with Crippen molar-refractivity contribution in [2.24, 2.45) is 0 Å². The lowest BCUT2D eigenvalue weighted by atomic mass is 10.3. The van der Waals surface area contributed by atoms with Gasteiger partial charge in [0.2, 0.25) is 0 Å². The van der Waals surface area contributed by atoms with E-state index in [1.807, 2.05) is 6.92 Å². The topological polar surface area (TPSA) is 97.8 Å². The van der Waals surface area contributed by atoms with E-state index in [1.165, 1.54) is 25.6 Å². The highest BCUT2D eigenvalue weighted by molar-refractivity contribution is 6.31. The number of rotatable bonds is 9. The predicted molar refractivity (Wildman–Crippen MR) is 102 cm³/mol. The van der Waals surface area contributed by atoms with Crippen LogP contribution in [0.1, 0.15) is 12.1 Å². The van der Waals surface area contributed by atoms with Gasteiger partial charge in [-0.25, -0.2) is 9.78 Å². The van der Waals surface area contributed by atoms with Crippen LogP contribution in [0.4, 0.5) is 16.3 Å². The van der Waals surface area contributed by atoms with Gasteiger partial charge in [0, 0.05) is 5.02 Å². The largest absolute Gasteiger partial charge is 0.491 e. The number of halogens is 1. The van der Waals surface area contributed by atoms with Crippen molar-refractivity contribution in [3.63, 3.8) is 0 Å². The number of aromatic nitrogens is 2. The van der Waals surface area contributed by atoms with Crippen molar-refractivity contribution in [3.05, 3.63) is 41.3 Å². The summed E-state index contributed by atoms with van der Waals surface area (Å²) in [6.45, 7) is 2.73. The number of nitrogens with zero attached hydrogens (tertiary/aromatic N) is 3. The van der Waals surface area contributed by atoms with Crippen LogP contribution < -0.4 is 15.4 Å². The van der Waals surface area contributed by atoms with Gasteiger partial charge in [-0.05, 0) is 31.5 Å². The van der Waals surface area contributed by atoms with Crippen LogP contribution in [-0.4, -0.2) is 48.6 Å². The lowest BCUT2D eigenvalue weighted by molar-refractivity contribution is -0.342. The molecule has 0 spiro atoms. The second-order valence-electron chi connectivity index (χ2n) is 5.39. The minimum Gasteiger partial charge on any atom is -0.491 e. The molecule has 0 bridgehead atoms. The van der Waals surface area contributed by atoms with E-state index in [9.17, 15) is 4.79 Å². The Morgan fingerprint density at radius 2 is 1.96 bits per heavy atom. The van der Waals surface area contributed by atoms with Crippen LogP contribution in [0.25, 0.3) is 0 Å². The Labute approximate surface area is 162 Å². The van der Waals surface area contributed by atoms with Gasteiger partial charge in [-0.1, -0.05) is 16.8 Å². The molecule has 0 saturated carbocycles. The summed E-state index contributed by atoms with van der Waals surface area (Å²) in [5, 5.41) is 7.10. The van der Waals surface area contributed by atoms with Crippen LogP contribution in [0.5, 0.6) is 5.75 Å². The first-order valence-electron chi connectivity index (χ1n) is 8.16. The zero-order valence-corrected chi connectivity index (χ0v) is 16.1. The lowest BCUT2D eigenvalue weighted by Crippen LogP contribution is -2.23. The van der Waals surface area contributed by atoms with Gasteiger partial charge in [0.15, 0.2) is 5.82 Å². The Bertz CT molecular complexity index is 741. The average molecular weight is 396 g/mol. The molecular formula is C17H22ClN5O4. The van der Waals surface area contributed by atoms with Crippen molar-refractivity contribution in [3.8, 4) is 5.75 Å². The number of nitrogens with one attached hydrogen (secondary N) is 2. The maximum absolute atomic E-state index is 12.2. The second-order valence-corrected chi connectivity index (χ2v) is 5.82. The van der Waals surface area contributed by atoms with E-state index >= 15 is 0 Å². The average Bonchev–Trinajstić information content (AvgIpc) is 2.65. The molecule has 1 aromatic heterocycles. The quantitative estimate of drug-likeness (QED) is 0.496. The summed E-state index contributed by atoms with van der Waals surface area (Å²) >= 11 is 6.03. The van der Waals surface area contributed by atoms with Crippen LogP contribution in [0.2, 0.25) is 5.02 Å². The molecule has 2 N–H and O–H groups in total. The summed E-state index contributed by atoms with van der Waals surface area (Å²) in [5.74, 6) is 0.827. The van der Waals surface area contributed by atoms with Crippen molar-refractivity contribution >= 4 is 29.1 Å². The molecule has 0 aliphatic heterocycles. The Morgan fingerprint density at radius 1 is 1.19 bits per heavy atom. The third kappa shape index (κ3) is 6.99. The number of hydrogen-bond donors (Lipinski definition) is 2. The Balaban J connectivity index is 1.94. The number of hydrogen-bond acceptors (Lipinski definition) is 7. The predicted octanol–water partition coefficient (Wildman–Crippen LogP) is 3.28. The molecule has 10 heteroatoms. The number of ether oxygens (including phenoxy) is 1. The van der Waals surface area contributed by atoms with E-state index in [-0.39, 0.29) is 0 Å². The van der Waals surface area contributed by atoms with E-state index in [1.54, 1.807) is 24.4 Å². The number of carbonyl (C=O) groups excluding carboxylic acids is 1. The van der Waals surface area contributed by atoms with E-state index < -0.39 is 6.03 Å². The number of urea groups is 1. The van der Waals surface area contributed by atoms with Crippen LogP contribution in [-0.2, 0) is 9.68 Å². The highest BCUT2D eigenvalue weighted by atomic mass is 35.5. The molecule has 2 aromatic rings. The molecule has 0 saturated heterocycles. The van der Waals surface area contributed by atoms with Crippen molar-refractivity contribution in [1.82, 2.24) is 15.2 Å². The first-order chi connectivity index (χ1) is 13.0. The second kappa shape index (κ2) is 10.6. The van der Waals surface area contributed by atoms with Crippen molar-refractivity contribution in [2.45, 2.75) is 13.3 Å². The molecule has 2 amide bonds. The minimum absolute atomic E-state index is 0.335. The number of aryl methyl sites for hydroxylation is 1. The fourth-order valence-corrected chi connectivity index (χ4v) is 2.26. The molecule has 0 radical (unpaired) electrons. The van der Waals surface area contributed by atoms with Gasteiger partial charge < -0.3 is 10.1 Å². The Hall–Kier alpha value is -2.46. The van der Waals surface area contributed by atoms with Gasteiger partial charge in [0.1, 0.15) is 5.75 Å². The minimum atomic E-state index is -0.481. The molecule has 0 aliphatic carbocycles. The lowest BCUT2D eigenvalue weighted by Gasteiger charge is -2.17. The molecular weight excluding hydrogens is 374 g/mol. The zero-order valence-electron chi connectivity index (χ0n) is 15.4. The van der Waals surface area contributed by atoms with Crippen LogP contribution in [0, 0.1) is 6.92 Å². The molecule has 146 valence electrons. The molecule has 0 atom stereocenters. The van der Waals surface area contributed by atoms with Crippen molar-refractivity contribution < 1.29 is 19.2 Å². The Morgan fingerprint density at radius 3 is 2.63 bits per heavy atom.